The summed E-state index contributed by atoms with van der Waals surface area (Å²) in [7, 11) is 0. The van der Waals surface area contributed by atoms with Crippen LogP contribution in [0.15, 0.2) is 0 Å². The summed E-state index contributed by atoms with van der Waals surface area (Å²) in [6, 6.07) is 0.963. The van der Waals surface area contributed by atoms with Crippen LogP contribution in [0.3, 0.4) is 0 Å². The zero-order chi connectivity index (χ0) is 16.0. The Morgan fingerprint density at radius 3 is 1.95 bits per heavy atom. The molecular formula is C18H36N2S. The predicted molar refractivity (Wildman–Crippen MR) is 97.5 cm³/mol. The standard InChI is InChI=1S/C18H36N2S/c1-7-15-10-14(9-12(3)4)11-16(8-2)17(15)20-18(21)19-13(5)6/h12-17H,7-11H2,1-6H3,(H2,19,20,21). The molecule has 0 heterocycles. The third kappa shape index (κ3) is 6.14. The lowest BCUT2D eigenvalue weighted by molar-refractivity contribution is 0.126. The molecule has 1 aliphatic rings. The zero-order valence-corrected chi connectivity index (χ0v) is 15.7. The van der Waals surface area contributed by atoms with Crippen molar-refractivity contribution in [1.82, 2.24) is 10.6 Å². The number of hydrogen-bond donors (Lipinski definition) is 2. The summed E-state index contributed by atoms with van der Waals surface area (Å²) in [5.41, 5.74) is 0. The minimum atomic E-state index is 0.405. The lowest BCUT2D eigenvalue weighted by Crippen LogP contribution is -2.52. The molecule has 2 unspecified atom stereocenters. The van der Waals surface area contributed by atoms with E-state index in [1.54, 1.807) is 0 Å². The van der Waals surface area contributed by atoms with Crippen molar-refractivity contribution in [3.63, 3.8) is 0 Å². The van der Waals surface area contributed by atoms with Gasteiger partial charge in [-0.1, -0.05) is 40.5 Å². The van der Waals surface area contributed by atoms with Gasteiger partial charge in [-0.3, -0.25) is 0 Å². The van der Waals surface area contributed by atoms with Gasteiger partial charge in [0.15, 0.2) is 5.11 Å². The fourth-order valence-corrected chi connectivity index (χ4v) is 4.39. The van der Waals surface area contributed by atoms with Crippen LogP contribution in [-0.2, 0) is 0 Å². The second-order valence-corrected chi connectivity index (χ2v) is 8.01. The third-order valence-corrected chi connectivity index (χ3v) is 5.09. The fraction of sp³-hybridized carbons (Fsp3) is 0.944. The second-order valence-electron chi connectivity index (χ2n) is 7.60. The molecule has 21 heavy (non-hydrogen) atoms. The molecule has 0 spiro atoms. The van der Waals surface area contributed by atoms with Gasteiger partial charge < -0.3 is 10.6 Å². The van der Waals surface area contributed by atoms with Gasteiger partial charge in [-0.2, -0.15) is 0 Å². The van der Waals surface area contributed by atoms with Crippen LogP contribution in [-0.4, -0.2) is 17.2 Å². The summed E-state index contributed by atoms with van der Waals surface area (Å²) >= 11 is 5.49. The topological polar surface area (TPSA) is 24.1 Å². The van der Waals surface area contributed by atoms with E-state index in [1.807, 2.05) is 0 Å². The largest absolute Gasteiger partial charge is 0.361 e. The van der Waals surface area contributed by atoms with Crippen molar-refractivity contribution in [1.29, 1.82) is 0 Å². The Hall–Kier alpha value is -0.310. The molecule has 2 N–H and O–H groups in total. The number of rotatable bonds is 6. The van der Waals surface area contributed by atoms with Gasteiger partial charge in [0.1, 0.15) is 0 Å². The van der Waals surface area contributed by atoms with Crippen LogP contribution in [0.4, 0.5) is 0 Å². The van der Waals surface area contributed by atoms with E-state index in [-0.39, 0.29) is 0 Å². The summed E-state index contributed by atoms with van der Waals surface area (Å²) in [6.45, 7) is 13.7. The number of nitrogens with one attached hydrogen (secondary N) is 2. The van der Waals surface area contributed by atoms with Crippen molar-refractivity contribution < 1.29 is 0 Å². The molecule has 0 aliphatic heterocycles. The fourth-order valence-electron chi connectivity index (χ4n) is 4.02. The van der Waals surface area contributed by atoms with Gasteiger partial charge in [0, 0.05) is 12.1 Å². The molecule has 1 rings (SSSR count). The Labute approximate surface area is 137 Å². The van der Waals surface area contributed by atoms with Crippen LogP contribution in [0.25, 0.3) is 0 Å². The molecule has 0 aromatic rings. The van der Waals surface area contributed by atoms with E-state index in [0.717, 1.165) is 28.8 Å². The maximum Gasteiger partial charge on any atom is 0.166 e. The molecule has 0 saturated heterocycles. The molecule has 0 aromatic carbocycles. The summed E-state index contributed by atoms with van der Waals surface area (Å²) in [5, 5.41) is 7.83. The highest BCUT2D eigenvalue weighted by Gasteiger charge is 2.36. The molecule has 3 heteroatoms. The molecular weight excluding hydrogens is 276 g/mol. The molecule has 2 nitrogen and oxygen atoms in total. The highest BCUT2D eigenvalue weighted by Crippen LogP contribution is 2.39. The van der Waals surface area contributed by atoms with E-state index in [0.29, 0.717) is 12.1 Å². The number of thiocarbonyl (C=S) groups is 1. The first-order valence-corrected chi connectivity index (χ1v) is 9.35. The van der Waals surface area contributed by atoms with Crippen molar-refractivity contribution in [3.05, 3.63) is 0 Å². The molecule has 1 fully saturated rings. The highest BCUT2D eigenvalue weighted by atomic mass is 32.1. The Bertz CT molecular complexity index is 300. The minimum absolute atomic E-state index is 0.405. The smallest absolute Gasteiger partial charge is 0.166 e. The Balaban J connectivity index is 2.70. The van der Waals surface area contributed by atoms with Crippen LogP contribution in [0.5, 0.6) is 0 Å². The minimum Gasteiger partial charge on any atom is -0.361 e. The first-order valence-electron chi connectivity index (χ1n) is 8.94. The van der Waals surface area contributed by atoms with Crippen molar-refractivity contribution >= 4 is 17.3 Å². The summed E-state index contributed by atoms with van der Waals surface area (Å²) in [4.78, 5) is 0. The SMILES string of the molecule is CCC1CC(CC(C)C)CC(CC)C1NC(=S)NC(C)C. The average molecular weight is 313 g/mol. The van der Waals surface area contributed by atoms with Crippen LogP contribution in [0.1, 0.15) is 73.6 Å². The maximum absolute atomic E-state index is 5.49. The van der Waals surface area contributed by atoms with Crippen molar-refractivity contribution in [2.24, 2.45) is 23.7 Å². The summed E-state index contributed by atoms with van der Waals surface area (Å²) in [5.74, 6) is 3.25. The first kappa shape index (κ1) is 18.7. The average Bonchev–Trinajstić information content (AvgIpc) is 2.38. The Kier molecular flexibility index (Phi) is 8.00. The van der Waals surface area contributed by atoms with Gasteiger partial charge in [0.2, 0.25) is 0 Å². The molecule has 1 aliphatic carbocycles. The lowest BCUT2D eigenvalue weighted by atomic mass is 9.68. The molecule has 1 saturated carbocycles. The van der Waals surface area contributed by atoms with Crippen LogP contribution in [0, 0.1) is 23.7 Å². The van der Waals surface area contributed by atoms with E-state index in [9.17, 15) is 0 Å². The summed E-state index contributed by atoms with van der Waals surface area (Å²) in [6.07, 6.45) is 6.63. The molecule has 124 valence electrons. The normalized spacial score (nSPS) is 29.7. The Morgan fingerprint density at radius 1 is 1.05 bits per heavy atom. The van der Waals surface area contributed by atoms with Gasteiger partial charge in [0.25, 0.3) is 0 Å². The van der Waals surface area contributed by atoms with E-state index >= 15 is 0 Å². The molecule has 0 aromatic heterocycles. The van der Waals surface area contributed by atoms with E-state index in [4.69, 9.17) is 12.2 Å². The zero-order valence-electron chi connectivity index (χ0n) is 14.9. The van der Waals surface area contributed by atoms with Crippen molar-refractivity contribution in [3.8, 4) is 0 Å². The Morgan fingerprint density at radius 2 is 1.57 bits per heavy atom. The van der Waals surface area contributed by atoms with Gasteiger partial charge in [0.05, 0.1) is 0 Å². The van der Waals surface area contributed by atoms with E-state index < -0.39 is 0 Å². The molecule has 2 atom stereocenters. The van der Waals surface area contributed by atoms with Crippen molar-refractivity contribution in [2.45, 2.75) is 85.7 Å². The van der Waals surface area contributed by atoms with Crippen LogP contribution < -0.4 is 10.6 Å². The van der Waals surface area contributed by atoms with E-state index in [1.165, 1.54) is 32.1 Å². The second kappa shape index (κ2) is 8.97. The first-order chi connectivity index (χ1) is 9.87. The quantitative estimate of drug-likeness (QED) is 0.693. The van der Waals surface area contributed by atoms with Crippen LogP contribution >= 0.6 is 12.2 Å². The van der Waals surface area contributed by atoms with Crippen LogP contribution in [0.2, 0.25) is 0 Å². The molecule has 0 radical (unpaired) electrons. The summed E-state index contributed by atoms with van der Waals surface area (Å²) < 4.78 is 0. The maximum atomic E-state index is 5.49. The molecule has 0 amide bonds. The highest BCUT2D eigenvalue weighted by molar-refractivity contribution is 7.80. The van der Waals surface area contributed by atoms with Gasteiger partial charge in [-0.25, -0.2) is 0 Å². The predicted octanol–water partition coefficient (Wildman–Crippen LogP) is 4.74. The molecule has 0 bridgehead atoms. The lowest BCUT2D eigenvalue weighted by Gasteiger charge is -2.43. The van der Waals surface area contributed by atoms with Gasteiger partial charge in [-0.05, 0) is 69.0 Å². The van der Waals surface area contributed by atoms with E-state index in [2.05, 4.69) is 52.2 Å². The number of hydrogen-bond acceptors (Lipinski definition) is 1. The van der Waals surface area contributed by atoms with Gasteiger partial charge >= 0.3 is 0 Å². The van der Waals surface area contributed by atoms with Gasteiger partial charge in [-0.15, -0.1) is 0 Å². The monoisotopic (exact) mass is 312 g/mol. The van der Waals surface area contributed by atoms with Crippen molar-refractivity contribution in [2.75, 3.05) is 0 Å². The third-order valence-electron chi connectivity index (χ3n) is 4.86.